The number of aliphatic carboxylic acids is 1. The van der Waals surface area contributed by atoms with Gasteiger partial charge >= 0.3 is 5.97 Å². The maximum atomic E-state index is 11.7. The van der Waals surface area contributed by atoms with E-state index in [-0.39, 0.29) is 5.41 Å². The van der Waals surface area contributed by atoms with Gasteiger partial charge in [-0.25, -0.2) is 0 Å². The molecule has 0 aliphatic heterocycles. The van der Waals surface area contributed by atoms with E-state index in [1.165, 1.54) is 0 Å². The smallest absolute Gasteiger partial charge is 0.312 e. The Kier molecular flexibility index (Phi) is 2.81. The second kappa shape index (κ2) is 3.71. The summed E-state index contributed by atoms with van der Waals surface area (Å²) in [5, 5.41) is 20.3. The van der Waals surface area contributed by atoms with Gasteiger partial charge in [-0.15, -0.1) is 0 Å². The van der Waals surface area contributed by atoms with Crippen molar-refractivity contribution in [2.45, 2.75) is 64.9 Å². The lowest BCUT2D eigenvalue weighted by atomic mass is 9.47. The number of rotatable bonds is 2. The Bertz CT molecular complexity index is 326. The van der Waals surface area contributed by atoms with Gasteiger partial charge in [-0.1, -0.05) is 33.6 Å². The molecule has 0 spiro atoms. The lowest BCUT2D eigenvalue weighted by molar-refractivity contribution is -0.221. The third-order valence-electron chi connectivity index (χ3n) is 4.84. The van der Waals surface area contributed by atoms with Crippen LogP contribution in [0, 0.1) is 16.7 Å². The molecule has 0 aromatic carbocycles. The van der Waals surface area contributed by atoms with Gasteiger partial charge in [0.2, 0.25) is 0 Å². The summed E-state index contributed by atoms with van der Waals surface area (Å²) in [5.74, 6) is -0.380. The lowest BCUT2D eigenvalue weighted by Crippen LogP contribution is -2.64. The summed E-state index contributed by atoms with van der Waals surface area (Å²) in [7, 11) is 0. The van der Waals surface area contributed by atoms with Crippen LogP contribution in [0.2, 0.25) is 0 Å². The molecule has 2 atom stereocenters. The van der Waals surface area contributed by atoms with Crippen LogP contribution in [0.15, 0.2) is 0 Å². The lowest BCUT2D eigenvalue weighted by Gasteiger charge is -2.59. The van der Waals surface area contributed by atoms with Gasteiger partial charge < -0.3 is 10.2 Å². The van der Waals surface area contributed by atoms with Crippen LogP contribution in [-0.2, 0) is 4.79 Å². The maximum absolute atomic E-state index is 11.7. The summed E-state index contributed by atoms with van der Waals surface area (Å²) in [6, 6.07) is 0. The fraction of sp³-hybridized carbons (Fsp3) is 0.929. The van der Waals surface area contributed by atoms with E-state index < -0.39 is 17.0 Å². The summed E-state index contributed by atoms with van der Waals surface area (Å²) in [4.78, 5) is 11.7. The Labute approximate surface area is 103 Å². The Hall–Kier alpha value is -0.570. The summed E-state index contributed by atoms with van der Waals surface area (Å²) < 4.78 is 0. The molecule has 0 radical (unpaired) electrons. The molecule has 98 valence electrons. The molecule has 0 amide bonds. The highest BCUT2D eigenvalue weighted by molar-refractivity contribution is 5.77. The molecular formula is C14H24O3. The standard InChI is InChI=1S/C14H24O3/c1-10-5-4-6-13(7-10,11(15)16)14(17)8-12(2,3)9-14/h10,17H,4-9H2,1-3H3,(H,15,16). The molecule has 0 aromatic heterocycles. The van der Waals surface area contributed by atoms with E-state index in [1.54, 1.807) is 0 Å². The van der Waals surface area contributed by atoms with Gasteiger partial charge in [-0.2, -0.15) is 0 Å². The van der Waals surface area contributed by atoms with Crippen molar-refractivity contribution in [3.63, 3.8) is 0 Å². The van der Waals surface area contributed by atoms with Crippen molar-refractivity contribution in [1.82, 2.24) is 0 Å². The van der Waals surface area contributed by atoms with Crippen molar-refractivity contribution < 1.29 is 15.0 Å². The predicted molar refractivity (Wildman–Crippen MR) is 65.7 cm³/mol. The molecule has 2 aliphatic carbocycles. The molecule has 17 heavy (non-hydrogen) atoms. The van der Waals surface area contributed by atoms with Crippen LogP contribution in [0.4, 0.5) is 0 Å². The van der Waals surface area contributed by atoms with Crippen molar-refractivity contribution in [2.24, 2.45) is 16.7 Å². The minimum Gasteiger partial charge on any atom is -0.481 e. The maximum Gasteiger partial charge on any atom is 0.312 e. The van der Waals surface area contributed by atoms with Crippen molar-refractivity contribution in [1.29, 1.82) is 0 Å². The summed E-state index contributed by atoms with van der Waals surface area (Å²) >= 11 is 0. The van der Waals surface area contributed by atoms with Crippen LogP contribution >= 0.6 is 0 Å². The van der Waals surface area contributed by atoms with Crippen molar-refractivity contribution in [3.8, 4) is 0 Å². The van der Waals surface area contributed by atoms with E-state index in [0.29, 0.717) is 31.6 Å². The fourth-order valence-electron chi connectivity index (χ4n) is 4.24. The molecule has 2 aliphatic rings. The van der Waals surface area contributed by atoms with E-state index in [1.807, 2.05) is 0 Å². The van der Waals surface area contributed by atoms with Crippen LogP contribution in [0.1, 0.15) is 59.3 Å². The zero-order valence-corrected chi connectivity index (χ0v) is 11.1. The van der Waals surface area contributed by atoms with E-state index in [9.17, 15) is 15.0 Å². The second-order valence-electron chi connectivity index (χ2n) is 7.14. The van der Waals surface area contributed by atoms with E-state index in [0.717, 1.165) is 12.8 Å². The third-order valence-corrected chi connectivity index (χ3v) is 4.84. The molecule has 0 heterocycles. The van der Waals surface area contributed by atoms with E-state index >= 15 is 0 Å². The Morgan fingerprint density at radius 2 is 1.88 bits per heavy atom. The van der Waals surface area contributed by atoms with Gasteiger partial charge in [-0.3, -0.25) is 4.79 Å². The third kappa shape index (κ3) is 1.88. The normalized spacial score (nSPS) is 39.4. The monoisotopic (exact) mass is 240 g/mol. The summed E-state index contributed by atoms with van der Waals surface area (Å²) in [6.45, 7) is 6.30. The highest BCUT2D eigenvalue weighted by Crippen LogP contribution is 2.61. The average Bonchev–Trinajstić information content (AvgIpc) is 2.13. The van der Waals surface area contributed by atoms with Gasteiger partial charge in [0.05, 0.1) is 11.0 Å². The van der Waals surface area contributed by atoms with E-state index in [2.05, 4.69) is 20.8 Å². The SMILES string of the molecule is CC1CCCC(C(=O)O)(C2(O)CC(C)(C)C2)C1. The molecule has 0 saturated heterocycles. The predicted octanol–water partition coefficient (Wildman–Crippen LogP) is 2.82. The minimum absolute atomic E-state index is 0.0951. The molecule has 2 fully saturated rings. The van der Waals surface area contributed by atoms with Gasteiger partial charge in [0.25, 0.3) is 0 Å². The first-order valence-electron chi connectivity index (χ1n) is 6.67. The van der Waals surface area contributed by atoms with Gasteiger partial charge in [0.15, 0.2) is 0 Å². The molecule has 3 nitrogen and oxygen atoms in total. The van der Waals surface area contributed by atoms with Gasteiger partial charge in [0.1, 0.15) is 0 Å². The van der Waals surface area contributed by atoms with Crippen LogP contribution in [0.3, 0.4) is 0 Å². The molecule has 2 saturated carbocycles. The topological polar surface area (TPSA) is 57.5 Å². The fourth-order valence-corrected chi connectivity index (χ4v) is 4.24. The first-order valence-corrected chi connectivity index (χ1v) is 6.67. The van der Waals surface area contributed by atoms with Crippen molar-refractivity contribution in [2.75, 3.05) is 0 Å². The first kappa shape index (κ1) is 12.9. The summed E-state index contributed by atoms with van der Waals surface area (Å²) in [6.07, 6.45) is 4.54. The largest absolute Gasteiger partial charge is 0.481 e. The molecule has 2 unspecified atom stereocenters. The molecule has 0 aromatic rings. The van der Waals surface area contributed by atoms with Crippen LogP contribution in [0.5, 0.6) is 0 Å². The molecular weight excluding hydrogens is 216 g/mol. The van der Waals surface area contributed by atoms with Crippen LogP contribution < -0.4 is 0 Å². The second-order valence-corrected chi connectivity index (χ2v) is 7.14. The number of carboxylic acids is 1. The zero-order valence-electron chi connectivity index (χ0n) is 11.1. The number of hydrogen-bond donors (Lipinski definition) is 2. The Balaban J connectivity index is 2.26. The summed E-state index contributed by atoms with van der Waals surface area (Å²) in [5.41, 5.74) is -1.77. The first-order chi connectivity index (χ1) is 7.71. The van der Waals surface area contributed by atoms with Gasteiger partial charge in [-0.05, 0) is 37.0 Å². The molecule has 2 rings (SSSR count). The number of aliphatic hydroxyl groups is 1. The van der Waals surface area contributed by atoms with Crippen LogP contribution in [0.25, 0.3) is 0 Å². The minimum atomic E-state index is -0.975. The number of hydrogen-bond acceptors (Lipinski definition) is 2. The zero-order chi connectivity index (χ0) is 12.9. The Morgan fingerprint density at radius 3 is 2.29 bits per heavy atom. The number of carboxylic acid groups (broad SMARTS) is 1. The van der Waals surface area contributed by atoms with E-state index in [4.69, 9.17) is 0 Å². The van der Waals surface area contributed by atoms with Crippen molar-refractivity contribution >= 4 is 5.97 Å². The molecule has 3 heteroatoms. The highest BCUT2D eigenvalue weighted by Gasteiger charge is 2.64. The molecule has 2 N–H and O–H groups in total. The van der Waals surface area contributed by atoms with Crippen molar-refractivity contribution in [3.05, 3.63) is 0 Å². The Morgan fingerprint density at radius 1 is 1.29 bits per heavy atom. The van der Waals surface area contributed by atoms with Crippen LogP contribution in [-0.4, -0.2) is 21.8 Å². The average molecular weight is 240 g/mol. The quantitative estimate of drug-likeness (QED) is 0.780. The number of carbonyl (C=O) groups is 1. The van der Waals surface area contributed by atoms with Gasteiger partial charge in [0, 0.05) is 0 Å². The molecule has 0 bridgehead atoms. The highest BCUT2D eigenvalue weighted by atomic mass is 16.4.